The fraction of sp³-hybridized carbons (Fsp3) is 0. The Morgan fingerprint density at radius 2 is 0.667 bits per heavy atom. The second-order valence-electron chi connectivity index (χ2n) is 16.7. The van der Waals surface area contributed by atoms with Crippen LogP contribution in [-0.2, 0) is 0 Å². The molecule has 0 spiro atoms. The molecule has 6 nitrogen and oxygen atoms in total. The van der Waals surface area contributed by atoms with Crippen molar-refractivity contribution < 1.29 is 0 Å². The first-order valence-electron chi connectivity index (χ1n) is 21.7. The highest BCUT2D eigenvalue weighted by Gasteiger charge is 2.45. The van der Waals surface area contributed by atoms with Crippen molar-refractivity contribution in [2.24, 2.45) is 0 Å². The Morgan fingerprint density at radius 1 is 0.364 bits per heavy atom. The van der Waals surface area contributed by atoms with Gasteiger partial charge in [-0.05, 0) is 166 Å². The third-order valence-corrected chi connectivity index (χ3v) is 13.3. The third-order valence-electron chi connectivity index (χ3n) is 13.3. The molecule has 0 atom stereocenters. The van der Waals surface area contributed by atoms with E-state index in [-0.39, 0.29) is 0 Å². The monoisotopic (exact) mass is 834 g/mol. The van der Waals surface area contributed by atoms with Gasteiger partial charge < -0.3 is 0 Å². The van der Waals surface area contributed by atoms with Crippen molar-refractivity contribution in [3.8, 4) is 45.5 Å². The number of pyridine rings is 3. The molecule has 3 aromatic heterocycles. The fourth-order valence-electron chi connectivity index (χ4n) is 10.7. The summed E-state index contributed by atoms with van der Waals surface area (Å²) in [6.07, 6.45) is 5.18. The molecule has 0 unspecified atom stereocenters. The Balaban J connectivity index is 1.35. The summed E-state index contributed by atoms with van der Waals surface area (Å²) in [4.78, 5) is 18.8. The molecular weight excluding hydrogens is 805 g/mol. The third kappa shape index (κ3) is 5.17. The minimum absolute atomic E-state index is 0.412. The van der Waals surface area contributed by atoms with Gasteiger partial charge in [-0.1, -0.05) is 91.0 Å². The second-order valence-corrected chi connectivity index (χ2v) is 16.7. The SMILES string of the molecule is [C-]#[N+]/C(=C1/c2cc3ccccc3cc2-c2c3c(c4c(c21)-c1cc2ccccc2cc1/C4=C(/C#N)c1ccccn1)-c1cc2ccccc2cc1/C3=C(/C#N)c1ccccn1)c1ccccn1. The summed E-state index contributed by atoms with van der Waals surface area (Å²) in [5.41, 5.74) is 16.1. The van der Waals surface area contributed by atoms with Gasteiger partial charge in [-0.3, -0.25) is 15.0 Å². The van der Waals surface area contributed by atoms with E-state index in [4.69, 9.17) is 21.5 Å². The van der Waals surface area contributed by atoms with Gasteiger partial charge in [0.1, 0.15) is 12.1 Å². The number of hydrogen-bond acceptors (Lipinski definition) is 5. The number of hydrogen-bond donors (Lipinski definition) is 0. The van der Waals surface area contributed by atoms with Crippen molar-refractivity contribution in [2.75, 3.05) is 0 Å². The fourth-order valence-corrected chi connectivity index (χ4v) is 10.7. The van der Waals surface area contributed by atoms with Crippen LogP contribution in [0.5, 0.6) is 0 Å². The van der Waals surface area contributed by atoms with E-state index in [1.807, 2.05) is 91.0 Å². The Labute approximate surface area is 379 Å². The molecule has 13 rings (SSSR count). The van der Waals surface area contributed by atoms with Crippen molar-refractivity contribution >= 4 is 65.9 Å². The first kappa shape index (κ1) is 37.1. The topological polar surface area (TPSA) is 90.6 Å². The summed E-state index contributed by atoms with van der Waals surface area (Å²) in [5.74, 6) is 0. The Kier molecular flexibility index (Phi) is 8.00. The lowest BCUT2D eigenvalue weighted by molar-refractivity contribution is 1.28. The van der Waals surface area contributed by atoms with E-state index in [0.29, 0.717) is 33.9 Å². The molecule has 0 saturated heterocycles. The lowest BCUT2D eigenvalue weighted by atomic mass is 9.82. The van der Waals surface area contributed by atoms with Gasteiger partial charge in [0, 0.05) is 40.9 Å². The molecule has 3 aliphatic rings. The summed E-state index contributed by atoms with van der Waals surface area (Å²) in [6, 6.07) is 60.6. The standard InChI is InChI=1S/C60H30N6/c1-63-60(50-22-10-13-25-66-50)56-45-31-39-19-7-6-18-38(39)30-44(45)55-58-51(46(32-61)48-20-8-11-23-64-48)40-26-34-14-2-4-16-36(34)28-42(40)53(58)57-52(47(33-62)49-21-9-12-24-65-49)41-27-35-15-3-5-17-37(35)29-43(41)54(57)59(55)56/h2-31H/b51-46+,52-47+,60-56-. The normalized spacial score (nSPS) is 14.9. The number of nitrogens with zero attached hydrogens (tertiary/aromatic N) is 6. The van der Waals surface area contributed by atoms with Crippen molar-refractivity contribution in [3.05, 3.63) is 244 Å². The van der Waals surface area contributed by atoms with E-state index >= 15 is 0 Å². The van der Waals surface area contributed by atoms with Crippen LogP contribution in [0.2, 0.25) is 0 Å². The number of allylic oxidation sites excluding steroid dienone is 2. The average molecular weight is 835 g/mol. The van der Waals surface area contributed by atoms with Gasteiger partial charge in [0.2, 0.25) is 5.70 Å². The maximum absolute atomic E-state index is 11.5. The minimum atomic E-state index is 0.412. The molecule has 0 bridgehead atoms. The van der Waals surface area contributed by atoms with Gasteiger partial charge in [-0.15, -0.1) is 0 Å². The first-order chi connectivity index (χ1) is 32.6. The van der Waals surface area contributed by atoms with Gasteiger partial charge in [0.25, 0.3) is 0 Å². The Hall–Kier alpha value is -9.54. The molecule has 300 valence electrons. The highest BCUT2D eigenvalue weighted by molar-refractivity contribution is 6.31. The number of rotatable bonds is 3. The van der Waals surface area contributed by atoms with Gasteiger partial charge in [-0.25, -0.2) is 4.85 Å². The summed E-state index contributed by atoms with van der Waals surface area (Å²) in [5, 5.41) is 29.3. The summed E-state index contributed by atoms with van der Waals surface area (Å²) in [6.45, 7) is 9.00. The highest BCUT2D eigenvalue weighted by atomic mass is 14.8. The van der Waals surface area contributed by atoms with Crippen LogP contribution in [-0.4, -0.2) is 15.0 Å². The van der Waals surface area contributed by atoms with Gasteiger partial charge in [0.05, 0.1) is 34.8 Å². The number of aromatic nitrogens is 3. The van der Waals surface area contributed by atoms with E-state index in [9.17, 15) is 10.5 Å². The van der Waals surface area contributed by atoms with Crippen LogP contribution in [0, 0.1) is 29.2 Å². The van der Waals surface area contributed by atoms with E-state index in [0.717, 1.165) is 116 Å². The predicted octanol–water partition coefficient (Wildman–Crippen LogP) is 14.1. The minimum Gasteiger partial charge on any atom is -0.268 e. The molecule has 3 aliphatic carbocycles. The van der Waals surface area contributed by atoms with Gasteiger partial charge in [0.15, 0.2) is 0 Å². The molecule has 10 aromatic rings. The molecule has 0 aliphatic heterocycles. The zero-order valence-electron chi connectivity index (χ0n) is 35.0. The lowest BCUT2D eigenvalue weighted by Crippen LogP contribution is -2.00. The van der Waals surface area contributed by atoms with E-state index in [1.165, 1.54) is 0 Å². The molecule has 66 heavy (non-hydrogen) atoms. The maximum Gasteiger partial charge on any atom is 0.220 e. The molecule has 6 heteroatoms. The van der Waals surface area contributed by atoms with Crippen LogP contribution in [0.3, 0.4) is 0 Å². The predicted molar refractivity (Wildman–Crippen MR) is 264 cm³/mol. The smallest absolute Gasteiger partial charge is 0.220 e. The molecule has 0 fully saturated rings. The van der Waals surface area contributed by atoms with Crippen LogP contribution in [0.25, 0.3) is 104 Å². The maximum atomic E-state index is 11.5. The van der Waals surface area contributed by atoms with E-state index < -0.39 is 0 Å². The van der Waals surface area contributed by atoms with Crippen LogP contribution in [0.4, 0.5) is 0 Å². The summed E-state index contributed by atoms with van der Waals surface area (Å²) in [7, 11) is 0. The van der Waals surface area contributed by atoms with Gasteiger partial charge >= 0.3 is 0 Å². The van der Waals surface area contributed by atoms with Crippen molar-refractivity contribution in [3.63, 3.8) is 0 Å². The van der Waals surface area contributed by atoms with E-state index in [1.54, 1.807) is 18.6 Å². The molecule has 7 aromatic carbocycles. The van der Waals surface area contributed by atoms with Gasteiger partial charge in [-0.2, -0.15) is 10.5 Å². The first-order valence-corrected chi connectivity index (χ1v) is 21.7. The van der Waals surface area contributed by atoms with E-state index in [2.05, 4.69) is 89.8 Å². The zero-order valence-corrected chi connectivity index (χ0v) is 35.0. The lowest BCUT2D eigenvalue weighted by Gasteiger charge is -2.20. The zero-order chi connectivity index (χ0) is 44.0. The molecular formula is C60H30N6. The Morgan fingerprint density at radius 3 is 0.985 bits per heavy atom. The largest absolute Gasteiger partial charge is 0.268 e. The summed E-state index contributed by atoms with van der Waals surface area (Å²) < 4.78 is 0. The average Bonchev–Trinajstić information content (AvgIpc) is 3.98. The Bertz CT molecular complexity index is 3610. The molecule has 0 N–H and O–H groups in total. The highest BCUT2D eigenvalue weighted by Crippen LogP contribution is 2.66. The van der Waals surface area contributed by atoms with Crippen molar-refractivity contribution in [1.82, 2.24) is 15.0 Å². The molecule has 0 amide bonds. The van der Waals surface area contributed by atoms with Crippen LogP contribution < -0.4 is 0 Å². The van der Waals surface area contributed by atoms with Crippen molar-refractivity contribution in [1.29, 1.82) is 10.5 Å². The number of fused-ring (bicyclic) bond motifs is 15. The quantitative estimate of drug-likeness (QED) is 0.131. The van der Waals surface area contributed by atoms with Crippen LogP contribution in [0.1, 0.15) is 50.5 Å². The van der Waals surface area contributed by atoms with Crippen LogP contribution >= 0.6 is 0 Å². The second kappa shape index (κ2) is 14.2. The molecule has 3 heterocycles. The molecule has 0 radical (unpaired) electrons. The number of nitriles is 2. The summed E-state index contributed by atoms with van der Waals surface area (Å²) >= 11 is 0. The van der Waals surface area contributed by atoms with Crippen LogP contribution in [0.15, 0.2) is 182 Å². The number of benzene rings is 7. The molecule has 0 saturated carbocycles. The van der Waals surface area contributed by atoms with Crippen molar-refractivity contribution in [2.45, 2.75) is 0 Å².